The van der Waals surface area contributed by atoms with E-state index in [1.54, 1.807) is 7.05 Å². The van der Waals surface area contributed by atoms with Gasteiger partial charge in [0.1, 0.15) is 0 Å². The van der Waals surface area contributed by atoms with Gasteiger partial charge in [-0.05, 0) is 57.3 Å². The second-order valence-corrected chi connectivity index (χ2v) is 7.88. The Kier molecular flexibility index (Phi) is 11.1. The number of guanidine groups is 1. The number of nitrogens with zero attached hydrogens (tertiary/aromatic N) is 3. The molecule has 7 nitrogen and oxygen atoms in total. The molecular formula is C25H38N6O. The van der Waals surface area contributed by atoms with E-state index in [1.807, 2.05) is 49.3 Å². The molecule has 0 atom stereocenters. The minimum atomic E-state index is -0.0462. The maximum atomic E-state index is 12.3. The molecule has 0 fully saturated rings. The van der Waals surface area contributed by atoms with Crippen molar-refractivity contribution in [2.45, 2.75) is 19.9 Å². The van der Waals surface area contributed by atoms with Gasteiger partial charge in [-0.2, -0.15) is 0 Å². The van der Waals surface area contributed by atoms with E-state index >= 15 is 0 Å². The summed E-state index contributed by atoms with van der Waals surface area (Å²) in [6.45, 7) is 7.02. The number of aliphatic imine (C=N–C) groups is 1. The van der Waals surface area contributed by atoms with Crippen LogP contribution < -0.4 is 20.9 Å². The molecule has 32 heavy (non-hydrogen) atoms. The predicted molar refractivity (Wildman–Crippen MR) is 134 cm³/mol. The van der Waals surface area contributed by atoms with Gasteiger partial charge in [-0.1, -0.05) is 30.3 Å². The van der Waals surface area contributed by atoms with Crippen LogP contribution in [0.2, 0.25) is 0 Å². The molecule has 0 aliphatic rings. The molecule has 174 valence electrons. The van der Waals surface area contributed by atoms with E-state index in [9.17, 15) is 4.79 Å². The molecule has 0 spiro atoms. The molecule has 0 unspecified atom stereocenters. The van der Waals surface area contributed by atoms with Crippen molar-refractivity contribution in [2.24, 2.45) is 4.99 Å². The van der Waals surface area contributed by atoms with Crippen molar-refractivity contribution >= 4 is 17.6 Å². The van der Waals surface area contributed by atoms with E-state index in [0.717, 1.165) is 44.1 Å². The number of benzene rings is 2. The molecule has 3 N–H and O–H groups in total. The number of likely N-dealkylation sites (N-methyl/N-ethyl adjacent to an activating group) is 1. The summed E-state index contributed by atoms with van der Waals surface area (Å²) in [5.41, 5.74) is 2.96. The van der Waals surface area contributed by atoms with Crippen molar-refractivity contribution in [2.75, 3.05) is 58.8 Å². The lowest BCUT2D eigenvalue weighted by molar-refractivity contribution is 0.0951. The highest BCUT2D eigenvalue weighted by molar-refractivity contribution is 5.94. The third kappa shape index (κ3) is 8.98. The zero-order valence-electron chi connectivity index (χ0n) is 19.9. The number of amides is 1. The summed E-state index contributed by atoms with van der Waals surface area (Å²) in [6.07, 6.45) is 1.01. The zero-order chi connectivity index (χ0) is 23.2. The molecule has 0 radical (unpaired) electrons. The fraction of sp³-hybridized carbons (Fsp3) is 0.440. The molecule has 1 amide bonds. The Labute approximate surface area is 192 Å². The number of hydrogen-bond donors (Lipinski definition) is 3. The van der Waals surface area contributed by atoms with E-state index in [0.29, 0.717) is 18.7 Å². The highest BCUT2D eigenvalue weighted by atomic mass is 16.1. The molecule has 0 bridgehead atoms. The van der Waals surface area contributed by atoms with E-state index in [1.165, 1.54) is 5.69 Å². The molecular weight excluding hydrogens is 400 g/mol. The largest absolute Gasteiger partial charge is 0.372 e. The molecule has 2 aromatic carbocycles. The van der Waals surface area contributed by atoms with Gasteiger partial charge in [0.05, 0.1) is 0 Å². The van der Waals surface area contributed by atoms with Crippen molar-refractivity contribution in [1.29, 1.82) is 0 Å². The van der Waals surface area contributed by atoms with Crippen LogP contribution in [0, 0.1) is 0 Å². The Morgan fingerprint density at radius 1 is 0.938 bits per heavy atom. The van der Waals surface area contributed by atoms with Crippen molar-refractivity contribution in [3.63, 3.8) is 0 Å². The van der Waals surface area contributed by atoms with Gasteiger partial charge in [-0.25, -0.2) is 0 Å². The lowest BCUT2D eigenvalue weighted by atomic mass is 10.1. The zero-order valence-corrected chi connectivity index (χ0v) is 19.9. The molecule has 2 aromatic rings. The van der Waals surface area contributed by atoms with Crippen LogP contribution in [0.1, 0.15) is 29.3 Å². The van der Waals surface area contributed by atoms with Crippen LogP contribution in [-0.4, -0.2) is 70.6 Å². The van der Waals surface area contributed by atoms with Crippen LogP contribution in [-0.2, 0) is 6.54 Å². The second-order valence-electron chi connectivity index (χ2n) is 7.88. The smallest absolute Gasteiger partial charge is 0.251 e. The predicted octanol–water partition coefficient (Wildman–Crippen LogP) is 2.56. The standard InChI is InChI=1S/C25H38N6O/c1-5-31(23-13-7-6-8-14-23)17-10-15-28-25(26-2)29-20-21-11-9-12-22(19-21)24(32)27-16-18-30(3)4/h6-9,11-14,19H,5,10,15-18,20H2,1-4H3,(H,27,32)(H2,26,28,29). The lowest BCUT2D eigenvalue weighted by Gasteiger charge is -2.23. The van der Waals surface area contributed by atoms with Crippen molar-refractivity contribution in [3.05, 3.63) is 65.7 Å². The summed E-state index contributed by atoms with van der Waals surface area (Å²) < 4.78 is 0. The van der Waals surface area contributed by atoms with Crippen LogP contribution >= 0.6 is 0 Å². The molecule has 0 heterocycles. The van der Waals surface area contributed by atoms with Gasteiger partial charge in [0.25, 0.3) is 5.91 Å². The van der Waals surface area contributed by atoms with Gasteiger partial charge in [-0.3, -0.25) is 9.79 Å². The Morgan fingerprint density at radius 3 is 2.41 bits per heavy atom. The first-order valence-electron chi connectivity index (χ1n) is 11.3. The molecule has 2 rings (SSSR count). The number of carbonyl (C=O) groups is 1. The fourth-order valence-electron chi connectivity index (χ4n) is 3.31. The monoisotopic (exact) mass is 438 g/mol. The summed E-state index contributed by atoms with van der Waals surface area (Å²) in [4.78, 5) is 21.1. The van der Waals surface area contributed by atoms with E-state index in [4.69, 9.17) is 0 Å². The van der Waals surface area contributed by atoms with Gasteiger partial charge in [0.15, 0.2) is 5.96 Å². The summed E-state index contributed by atoms with van der Waals surface area (Å²) in [6, 6.07) is 18.2. The van der Waals surface area contributed by atoms with Gasteiger partial charge in [-0.15, -0.1) is 0 Å². The first-order chi connectivity index (χ1) is 15.5. The SMILES string of the molecule is CCN(CCCNC(=NC)NCc1cccc(C(=O)NCCN(C)C)c1)c1ccccc1. The molecule has 0 aliphatic heterocycles. The minimum Gasteiger partial charge on any atom is -0.372 e. The topological polar surface area (TPSA) is 72.0 Å². The first-order valence-corrected chi connectivity index (χ1v) is 11.3. The van der Waals surface area contributed by atoms with Crippen LogP contribution in [0.15, 0.2) is 59.6 Å². The summed E-state index contributed by atoms with van der Waals surface area (Å²) in [5.74, 6) is 0.712. The van der Waals surface area contributed by atoms with Crippen molar-refractivity contribution < 1.29 is 4.79 Å². The van der Waals surface area contributed by atoms with Gasteiger partial charge < -0.3 is 25.8 Å². The van der Waals surface area contributed by atoms with Crippen molar-refractivity contribution in [3.8, 4) is 0 Å². The van der Waals surface area contributed by atoms with Crippen LogP contribution in [0.25, 0.3) is 0 Å². The van der Waals surface area contributed by atoms with Gasteiger partial charge >= 0.3 is 0 Å². The number of para-hydroxylation sites is 1. The number of hydrogen-bond acceptors (Lipinski definition) is 4. The highest BCUT2D eigenvalue weighted by Gasteiger charge is 2.07. The van der Waals surface area contributed by atoms with Crippen molar-refractivity contribution in [1.82, 2.24) is 20.9 Å². The lowest BCUT2D eigenvalue weighted by Crippen LogP contribution is -2.38. The van der Waals surface area contributed by atoms with Gasteiger partial charge in [0, 0.05) is 57.6 Å². The van der Waals surface area contributed by atoms with E-state index in [-0.39, 0.29) is 5.91 Å². The average Bonchev–Trinajstić information content (AvgIpc) is 2.81. The van der Waals surface area contributed by atoms with Crippen LogP contribution in [0.3, 0.4) is 0 Å². The van der Waals surface area contributed by atoms with Crippen LogP contribution in [0.4, 0.5) is 5.69 Å². The second kappa shape index (κ2) is 14.1. The molecule has 7 heteroatoms. The Morgan fingerprint density at radius 2 is 1.72 bits per heavy atom. The normalized spacial score (nSPS) is 11.3. The quantitative estimate of drug-likeness (QED) is 0.270. The minimum absolute atomic E-state index is 0.0462. The number of rotatable bonds is 12. The Bertz CT molecular complexity index is 837. The number of carbonyl (C=O) groups excluding carboxylic acids is 1. The average molecular weight is 439 g/mol. The third-order valence-electron chi connectivity index (χ3n) is 5.12. The van der Waals surface area contributed by atoms with Crippen LogP contribution in [0.5, 0.6) is 0 Å². The molecule has 0 aliphatic carbocycles. The highest BCUT2D eigenvalue weighted by Crippen LogP contribution is 2.12. The third-order valence-corrected chi connectivity index (χ3v) is 5.12. The summed E-state index contributed by atoms with van der Waals surface area (Å²) in [7, 11) is 5.75. The van der Waals surface area contributed by atoms with E-state index < -0.39 is 0 Å². The van der Waals surface area contributed by atoms with E-state index in [2.05, 4.69) is 57.0 Å². The number of nitrogens with one attached hydrogen (secondary N) is 3. The summed E-state index contributed by atoms with van der Waals surface area (Å²) >= 11 is 0. The molecule has 0 saturated carbocycles. The maximum absolute atomic E-state index is 12.3. The summed E-state index contributed by atoms with van der Waals surface area (Å²) in [5, 5.41) is 9.66. The molecule has 0 aromatic heterocycles. The Balaban J connectivity index is 1.75. The first kappa shape index (κ1) is 25.2. The molecule has 0 saturated heterocycles. The van der Waals surface area contributed by atoms with Gasteiger partial charge in [0.2, 0.25) is 0 Å². The Hall–Kier alpha value is -3.06. The number of anilines is 1. The maximum Gasteiger partial charge on any atom is 0.251 e. The fourth-order valence-corrected chi connectivity index (χ4v) is 3.31.